The predicted molar refractivity (Wildman–Crippen MR) is 88.6 cm³/mol. The van der Waals surface area contributed by atoms with Crippen LogP contribution in [-0.4, -0.2) is 57.0 Å². The van der Waals surface area contributed by atoms with E-state index in [0.717, 1.165) is 12.8 Å². The van der Waals surface area contributed by atoms with Gasteiger partial charge in [-0.25, -0.2) is 0 Å². The lowest BCUT2D eigenvalue weighted by atomic mass is 10.1. The topological polar surface area (TPSA) is 59.1 Å². The van der Waals surface area contributed by atoms with E-state index in [9.17, 15) is 9.59 Å². The maximum absolute atomic E-state index is 12.7. The van der Waals surface area contributed by atoms with Crippen LogP contribution in [0.15, 0.2) is 12.1 Å². The number of carbonyl (C=O) groups excluding carboxylic acids is 2. The standard InChI is InChI=1S/C17H24N2O4/c1-5-14-17(21)19(8-7-18(3)4)13-9-12(11-20)10-15(22-6-2)16(13)23-14/h9-11,14H,5-8H2,1-4H3. The average Bonchev–Trinajstić information content (AvgIpc) is 2.53. The van der Waals surface area contributed by atoms with E-state index < -0.39 is 6.10 Å². The number of likely N-dealkylation sites (N-methyl/N-ethyl adjacent to an activating group) is 1. The quantitative estimate of drug-likeness (QED) is 0.719. The van der Waals surface area contributed by atoms with Crippen LogP contribution in [0.3, 0.4) is 0 Å². The van der Waals surface area contributed by atoms with Crippen molar-refractivity contribution in [3.8, 4) is 11.5 Å². The van der Waals surface area contributed by atoms with Crippen molar-refractivity contribution in [2.24, 2.45) is 0 Å². The third-order valence-corrected chi connectivity index (χ3v) is 3.73. The molecule has 0 fully saturated rings. The van der Waals surface area contributed by atoms with Crippen molar-refractivity contribution in [1.82, 2.24) is 4.90 Å². The second-order valence-electron chi connectivity index (χ2n) is 5.73. The van der Waals surface area contributed by atoms with Crippen LogP contribution >= 0.6 is 0 Å². The van der Waals surface area contributed by atoms with Gasteiger partial charge in [-0.2, -0.15) is 0 Å². The number of amides is 1. The summed E-state index contributed by atoms with van der Waals surface area (Å²) in [5.74, 6) is 0.975. The fourth-order valence-electron chi connectivity index (χ4n) is 2.53. The van der Waals surface area contributed by atoms with Crippen LogP contribution < -0.4 is 14.4 Å². The number of nitrogens with zero attached hydrogens (tertiary/aromatic N) is 2. The van der Waals surface area contributed by atoms with Crippen molar-refractivity contribution in [2.45, 2.75) is 26.4 Å². The number of fused-ring (bicyclic) bond motifs is 1. The highest BCUT2D eigenvalue weighted by Crippen LogP contribution is 2.43. The van der Waals surface area contributed by atoms with Gasteiger partial charge in [-0.15, -0.1) is 0 Å². The molecule has 126 valence electrons. The van der Waals surface area contributed by atoms with Crippen molar-refractivity contribution in [2.75, 3.05) is 38.7 Å². The fraction of sp³-hybridized carbons (Fsp3) is 0.529. The Morgan fingerprint density at radius 3 is 2.65 bits per heavy atom. The summed E-state index contributed by atoms with van der Waals surface area (Å²) >= 11 is 0. The largest absolute Gasteiger partial charge is 0.490 e. The molecule has 0 radical (unpaired) electrons. The van der Waals surface area contributed by atoms with Gasteiger partial charge in [0, 0.05) is 18.7 Å². The normalized spacial score (nSPS) is 17.0. The number of benzene rings is 1. The third kappa shape index (κ3) is 3.64. The maximum atomic E-state index is 12.7. The minimum Gasteiger partial charge on any atom is -0.490 e. The lowest BCUT2D eigenvalue weighted by Gasteiger charge is -2.35. The summed E-state index contributed by atoms with van der Waals surface area (Å²) in [5, 5.41) is 0. The molecule has 1 atom stereocenters. The highest BCUT2D eigenvalue weighted by Gasteiger charge is 2.35. The van der Waals surface area contributed by atoms with Gasteiger partial charge in [0.15, 0.2) is 17.6 Å². The highest BCUT2D eigenvalue weighted by atomic mass is 16.5. The zero-order valence-electron chi connectivity index (χ0n) is 14.2. The van der Waals surface area contributed by atoms with E-state index in [1.54, 1.807) is 17.0 Å². The summed E-state index contributed by atoms with van der Waals surface area (Å²) in [4.78, 5) is 27.6. The van der Waals surface area contributed by atoms with E-state index in [0.29, 0.717) is 42.3 Å². The van der Waals surface area contributed by atoms with Gasteiger partial charge in [-0.3, -0.25) is 9.59 Å². The molecule has 0 aliphatic carbocycles. The summed E-state index contributed by atoms with van der Waals surface area (Å²) in [6.07, 6.45) is 0.812. The number of rotatable bonds is 7. The Morgan fingerprint density at radius 2 is 2.09 bits per heavy atom. The van der Waals surface area contributed by atoms with E-state index in [2.05, 4.69) is 0 Å². The van der Waals surface area contributed by atoms with Gasteiger partial charge in [0.05, 0.1) is 12.3 Å². The van der Waals surface area contributed by atoms with Crippen molar-refractivity contribution in [3.63, 3.8) is 0 Å². The molecule has 23 heavy (non-hydrogen) atoms. The SMILES string of the molecule is CCOc1cc(C=O)cc2c1OC(CC)C(=O)N2CCN(C)C. The summed E-state index contributed by atoms with van der Waals surface area (Å²) < 4.78 is 11.5. The predicted octanol–water partition coefficient (Wildman–Crippen LogP) is 1.96. The first kappa shape index (κ1) is 17.3. The molecule has 1 aliphatic rings. The van der Waals surface area contributed by atoms with E-state index in [4.69, 9.17) is 9.47 Å². The molecule has 1 aliphatic heterocycles. The molecule has 0 saturated carbocycles. The zero-order valence-corrected chi connectivity index (χ0v) is 14.2. The van der Waals surface area contributed by atoms with Crippen molar-refractivity contribution < 1.29 is 19.1 Å². The molecule has 0 N–H and O–H groups in total. The second-order valence-corrected chi connectivity index (χ2v) is 5.73. The molecule has 2 rings (SSSR count). The molecule has 0 saturated heterocycles. The first-order chi connectivity index (χ1) is 11.0. The third-order valence-electron chi connectivity index (χ3n) is 3.73. The summed E-state index contributed by atoms with van der Waals surface area (Å²) in [6.45, 7) is 5.50. The molecule has 0 bridgehead atoms. The maximum Gasteiger partial charge on any atom is 0.268 e. The number of ether oxygens (including phenoxy) is 2. The van der Waals surface area contributed by atoms with Gasteiger partial charge in [-0.1, -0.05) is 6.92 Å². The number of anilines is 1. The van der Waals surface area contributed by atoms with E-state index in [-0.39, 0.29) is 5.91 Å². The minimum absolute atomic E-state index is 0.0765. The van der Waals surface area contributed by atoms with Crippen LogP contribution in [0.25, 0.3) is 0 Å². The van der Waals surface area contributed by atoms with E-state index >= 15 is 0 Å². The molecule has 6 nitrogen and oxygen atoms in total. The lowest BCUT2D eigenvalue weighted by Crippen LogP contribution is -2.48. The number of aldehydes is 1. The van der Waals surface area contributed by atoms with Crippen LogP contribution in [0, 0.1) is 0 Å². The summed E-state index contributed by atoms with van der Waals surface area (Å²) in [7, 11) is 3.91. The van der Waals surface area contributed by atoms with E-state index in [1.807, 2.05) is 32.8 Å². The van der Waals surface area contributed by atoms with Crippen LogP contribution in [0.2, 0.25) is 0 Å². The summed E-state index contributed by atoms with van der Waals surface area (Å²) in [5.41, 5.74) is 1.07. The molecule has 1 unspecified atom stereocenters. The highest BCUT2D eigenvalue weighted by molar-refractivity contribution is 6.01. The molecular formula is C17H24N2O4. The molecule has 1 heterocycles. The van der Waals surface area contributed by atoms with Crippen molar-refractivity contribution in [3.05, 3.63) is 17.7 Å². The van der Waals surface area contributed by atoms with Crippen LogP contribution in [-0.2, 0) is 4.79 Å². The van der Waals surface area contributed by atoms with Gasteiger partial charge < -0.3 is 19.3 Å². The smallest absolute Gasteiger partial charge is 0.268 e. The minimum atomic E-state index is -0.522. The van der Waals surface area contributed by atoms with Gasteiger partial charge in [0.2, 0.25) is 0 Å². The van der Waals surface area contributed by atoms with Gasteiger partial charge in [0.1, 0.15) is 6.29 Å². The number of hydrogen-bond acceptors (Lipinski definition) is 5. The Labute approximate surface area is 137 Å². The Bertz CT molecular complexity index is 586. The molecular weight excluding hydrogens is 296 g/mol. The van der Waals surface area contributed by atoms with Crippen molar-refractivity contribution >= 4 is 17.9 Å². The Morgan fingerprint density at radius 1 is 1.35 bits per heavy atom. The first-order valence-corrected chi connectivity index (χ1v) is 7.90. The molecule has 1 amide bonds. The zero-order chi connectivity index (χ0) is 17.0. The van der Waals surface area contributed by atoms with Gasteiger partial charge >= 0.3 is 0 Å². The molecule has 6 heteroatoms. The second kappa shape index (κ2) is 7.46. The molecule has 1 aromatic carbocycles. The molecule has 0 aromatic heterocycles. The summed E-state index contributed by atoms with van der Waals surface area (Å²) in [6, 6.07) is 3.34. The monoisotopic (exact) mass is 320 g/mol. The Kier molecular flexibility index (Phi) is 5.60. The fourth-order valence-corrected chi connectivity index (χ4v) is 2.53. The van der Waals surface area contributed by atoms with Crippen LogP contribution in [0.4, 0.5) is 5.69 Å². The van der Waals surface area contributed by atoms with Gasteiger partial charge in [0.25, 0.3) is 5.91 Å². The van der Waals surface area contributed by atoms with Crippen LogP contribution in [0.1, 0.15) is 30.6 Å². The van der Waals surface area contributed by atoms with Crippen LogP contribution in [0.5, 0.6) is 11.5 Å². The lowest BCUT2D eigenvalue weighted by molar-refractivity contribution is -0.126. The number of carbonyl (C=O) groups is 2. The Balaban J connectivity index is 2.50. The number of hydrogen-bond donors (Lipinski definition) is 0. The first-order valence-electron chi connectivity index (χ1n) is 7.90. The average molecular weight is 320 g/mol. The Hall–Kier alpha value is -2.08. The molecule has 0 spiro atoms. The van der Waals surface area contributed by atoms with E-state index in [1.165, 1.54) is 0 Å². The van der Waals surface area contributed by atoms with Gasteiger partial charge in [-0.05, 0) is 39.6 Å². The molecule has 1 aromatic rings. The van der Waals surface area contributed by atoms with Crippen molar-refractivity contribution in [1.29, 1.82) is 0 Å².